The fraction of sp³-hybridized carbons (Fsp3) is 0.871. The molecule has 0 radical (unpaired) electrons. The Balaban J connectivity index is 2.84. The molecule has 1 aromatic carbocycles. The molecule has 0 aliphatic carbocycles. The second-order valence-corrected chi connectivity index (χ2v) is 23.8. The number of carboxylic acid groups (broad SMARTS) is 2. The van der Waals surface area contributed by atoms with Gasteiger partial charge in [-0.15, -0.1) is 0 Å². The Morgan fingerprint density at radius 3 is 0.638 bits per heavy atom. The van der Waals surface area contributed by atoms with E-state index in [0.717, 1.165) is 64.2 Å². The lowest BCUT2D eigenvalue weighted by Crippen LogP contribution is -2.19. The maximum absolute atomic E-state index is 13.3. The molecule has 0 fully saturated rings. The Bertz CT molecular complexity index is 1430. The fourth-order valence-electron chi connectivity index (χ4n) is 10.9. The Morgan fingerprint density at radius 2 is 0.449 bits per heavy atom. The molecule has 1 rings (SSSR count). The molecule has 0 aliphatic rings. The van der Waals surface area contributed by atoms with Crippen LogP contribution in [0.15, 0.2) is 0 Å². The summed E-state index contributed by atoms with van der Waals surface area (Å²) in [4.78, 5) is 26.4. The SMILES string of the molecule is CCCCCCCCCCCCCCCCCCc1c(CCCCCCCCCCCCCCCCCC)c(C(=O)O)c(I(=O)=O)c(CCCCCCCCCCCCCCCCCC)c1C(=O)O. The lowest BCUT2D eigenvalue weighted by Gasteiger charge is -2.21. The molecule has 404 valence electrons. The van der Waals surface area contributed by atoms with Gasteiger partial charge in [0.25, 0.3) is 0 Å². The van der Waals surface area contributed by atoms with Gasteiger partial charge >= 0.3 is 31.7 Å². The molecule has 0 aromatic heterocycles. The van der Waals surface area contributed by atoms with Crippen molar-refractivity contribution in [2.75, 3.05) is 0 Å². The number of rotatable bonds is 54. The van der Waals surface area contributed by atoms with Gasteiger partial charge in [0.15, 0.2) is 0 Å². The minimum Gasteiger partial charge on any atom is -0.478 e. The Kier molecular flexibility index (Phi) is 46.3. The highest BCUT2D eigenvalue weighted by Crippen LogP contribution is 2.38. The average Bonchev–Trinajstić information content (AvgIpc) is 3.33. The van der Waals surface area contributed by atoms with Gasteiger partial charge in [0, 0.05) is 0 Å². The van der Waals surface area contributed by atoms with E-state index >= 15 is 0 Å². The summed E-state index contributed by atoms with van der Waals surface area (Å²) in [6.45, 7) is 6.81. The van der Waals surface area contributed by atoms with Crippen LogP contribution >= 0.6 is 19.8 Å². The summed E-state index contributed by atoms with van der Waals surface area (Å²) in [6, 6.07) is 0. The monoisotopic (exact) mass is 1080 g/mol. The molecule has 1 aromatic rings. The standard InChI is InChI=1S/C62H113IO6/c1-4-7-10-13-16-19-22-25-28-31-34-37-40-43-46-49-52-55-56(53-50-47-44-41-38-35-32-29-26-23-20-17-14-11-8-5-2)59(62(66)67)60(63(68)69)57(58(55)61(64)65)54-51-48-45-42-39-36-33-30-27-24-21-18-15-12-9-6-3/h4-54H2,1-3H3,(H,64,65)(H,66,67). The van der Waals surface area contributed by atoms with Gasteiger partial charge in [-0.2, -0.15) is 0 Å². The van der Waals surface area contributed by atoms with Crippen molar-refractivity contribution in [3.63, 3.8) is 0 Å². The van der Waals surface area contributed by atoms with Gasteiger partial charge in [-0.3, -0.25) is 0 Å². The summed E-state index contributed by atoms with van der Waals surface area (Å²) >= 11 is -4.38. The molecule has 2 N–H and O–H groups in total. The lowest BCUT2D eigenvalue weighted by molar-refractivity contribution is 0.0676. The van der Waals surface area contributed by atoms with Crippen molar-refractivity contribution in [3.8, 4) is 0 Å². The molecule has 7 heteroatoms. The summed E-state index contributed by atoms with van der Waals surface area (Å²) in [5, 5.41) is 21.6. The van der Waals surface area contributed by atoms with Crippen LogP contribution in [0, 0.1) is 3.57 Å². The van der Waals surface area contributed by atoms with E-state index < -0.39 is 31.7 Å². The van der Waals surface area contributed by atoms with Crippen molar-refractivity contribution in [1.82, 2.24) is 0 Å². The van der Waals surface area contributed by atoms with Crippen LogP contribution in [0.1, 0.15) is 366 Å². The van der Waals surface area contributed by atoms with Crippen LogP contribution in [0.4, 0.5) is 0 Å². The zero-order valence-electron chi connectivity index (χ0n) is 46.0. The highest BCUT2D eigenvalue weighted by atomic mass is 127. The maximum Gasteiger partial charge on any atom is 0.342 e. The van der Waals surface area contributed by atoms with Crippen molar-refractivity contribution in [2.45, 2.75) is 348 Å². The van der Waals surface area contributed by atoms with Gasteiger partial charge in [-0.1, -0.05) is 310 Å². The van der Waals surface area contributed by atoms with Crippen LogP contribution in [-0.2, 0) is 25.4 Å². The lowest BCUT2D eigenvalue weighted by atomic mass is 9.84. The number of benzene rings is 1. The smallest absolute Gasteiger partial charge is 0.342 e. The molecule has 0 atom stereocenters. The van der Waals surface area contributed by atoms with E-state index in [2.05, 4.69) is 20.8 Å². The summed E-state index contributed by atoms with van der Waals surface area (Å²) in [6.07, 6.45) is 60.8. The van der Waals surface area contributed by atoms with Gasteiger partial charge in [0.2, 0.25) is 0 Å². The van der Waals surface area contributed by atoms with Gasteiger partial charge < -0.3 is 10.2 Å². The van der Waals surface area contributed by atoms with Crippen molar-refractivity contribution < 1.29 is 25.9 Å². The Hall–Kier alpha value is -1.51. The normalized spacial score (nSPS) is 11.7. The van der Waals surface area contributed by atoms with Crippen LogP contribution in [0.3, 0.4) is 0 Å². The third-order valence-corrected chi connectivity index (χ3v) is 17.2. The fourth-order valence-corrected chi connectivity index (χ4v) is 12.9. The quantitative estimate of drug-likeness (QED) is 0.0497. The number of carbonyl (C=O) groups is 2. The molecule has 6 nitrogen and oxygen atoms in total. The summed E-state index contributed by atoms with van der Waals surface area (Å²) in [5.74, 6) is -2.32. The number of hydrogen-bond donors (Lipinski definition) is 2. The highest BCUT2D eigenvalue weighted by molar-refractivity contribution is 14.2. The minimum absolute atomic E-state index is 0.103. The number of unbranched alkanes of at least 4 members (excludes halogenated alkanes) is 45. The van der Waals surface area contributed by atoms with Crippen molar-refractivity contribution in [1.29, 1.82) is 0 Å². The van der Waals surface area contributed by atoms with Crippen LogP contribution in [-0.4, -0.2) is 22.2 Å². The second-order valence-electron chi connectivity index (χ2n) is 21.5. The van der Waals surface area contributed by atoms with Gasteiger partial charge in [-0.25, -0.2) is 15.7 Å². The summed E-state index contributed by atoms with van der Waals surface area (Å²) in [7, 11) is 0. The van der Waals surface area contributed by atoms with E-state index in [0.29, 0.717) is 36.8 Å². The predicted molar refractivity (Wildman–Crippen MR) is 304 cm³/mol. The largest absolute Gasteiger partial charge is 0.478 e. The highest BCUT2D eigenvalue weighted by Gasteiger charge is 2.31. The van der Waals surface area contributed by atoms with Crippen LogP contribution < -0.4 is 0 Å². The van der Waals surface area contributed by atoms with Crippen molar-refractivity contribution in [3.05, 3.63) is 31.4 Å². The van der Waals surface area contributed by atoms with Crippen LogP contribution in [0.5, 0.6) is 0 Å². The first-order valence-corrected chi connectivity index (χ1v) is 33.4. The second kappa shape index (κ2) is 48.7. The molecule has 0 spiro atoms. The molecular weight excluding hydrogens is 968 g/mol. The molecule has 0 unspecified atom stereocenters. The van der Waals surface area contributed by atoms with Gasteiger partial charge in [0.1, 0.15) is 0 Å². The zero-order valence-corrected chi connectivity index (χ0v) is 48.1. The van der Waals surface area contributed by atoms with E-state index in [1.54, 1.807) is 0 Å². The number of hydrogen-bond acceptors (Lipinski definition) is 4. The van der Waals surface area contributed by atoms with E-state index in [4.69, 9.17) is 0 Å². The predicted octanol–water partition coefficient (Wildman–Crippen LogP) is 21.9. The molecule has 69 heavy (non-hydrogen) atoms. The average molecular weight is 1080 g/mol. The molecule has 0 saturated carbocycles. The van der Waals surface area contributed by atoms with E-state index in [-0.39, 0.29) is 20.3 Å². The van der Waals surface area contributed by atoms with Gasteiger partial charge in [-0.05, 0) is 55.2 Å². The van der Waals surface area contributed by atoms with E-state index in [1.165, 1.54) is 238 Å². The van der Waals surface area contributed by atoms with Crippen LogP contribution in [0.25, 0.3) is 0 Å². The summed E-state index contributed by atoms with van der Waals surface area (Å²) < 4.78 is 26.2. The molecule has 0 aliphatic heterocycles. The first kappa shape index (κ1) is 65.5. The molecule has 0 saturated heterocycles. The number of halogens is 1. The van der Waals surface area contributed by atoms with Crippen LogP contribution in [0.2, 0.25) is 0 Å². The molecule has 0 bridgehead atoms. The topological polar surface area (TPSA) is 109 Å². The van der Waals surface area contributed by atoms with E-state index in [1.807, 2.05) is 0 Å². The van der Waals surface area contributed by atoms with Crippen molar-refractivity contribution in [2.24, 2.45) is 0 Å². The first-order valence-electron chi connectivity index (χ1n) is 30.5. The van der Waals surface area contributed by atoms with E-state index in [9.17, 15) is 25.9 Å². The Morgan fingerprint density at radius 1 is 0.275 bits per heavy atom. The molecule has 0 heterocycles. The third-order valence-electron chi connectivity index (χ3n) is 15.2. The van der Waals surface area contributed by atoms with Crippen molar-refractivity contribution >= 4 is 31.7 Å². The molecule has 0 amide bonds. The summed E-state index contributed by atoms with van der Waals surface area (Å²) in [5.41, 5.74) is 1.39. The number of aromatic carboxylic acids is 2. The maximum atomic E-state index is 13.3. The minimum atomic E-state index is -4.38. The third kappa shape index (κ3) is 35.3. The molecular formula is C62H113IO6. The Labute approximate surface area is 434 Å². The zero-order chi connectivity index (χ0) is 50.3. The van der Waals surface area contributed by atoms with Gasteiger partial charge in [0.05, 0.1) is 14.7 Å². The number of carboxylic acids is 2. The first-order chi connectivity index (χ1) is 33.8.